The molecular formula is C14H18N2O2S2. The molecule has 20 heavy (non-hydrogen) atoms. The molecule has 1 atom stereocenters. The number of hydrogen-bond acceptors (Lipinski definition) is 4. The fourth-order valence-corrected chi connectivity index (χ4v) is 3.28. The number of nitrogens with one attached hydrogen (secondary N) is 1. The number of thioether (sulfide) groups is 1. The number of carbonyl (C=O) groups excluding carboxylic acids is 1. The molecular weight excluding hydrogens is 292 g/mol. The molecule has 108 valence electrons. The summed E-state index contributed by atoms with van der Waals surface area (Å²) in [6.07, 6.45) is 2.03. The summed E-state index contributed by atoms with van der Waals surface area (Å²) in [6, 6.07) is 7.21. The van der Waals surface area contributed by atoms with Gasteiger partial charge in [-0.25, -0.2) is 0 Å². The van der Waals surface area contributed by atoms with E-state index in [1.54, 1.807) is 23.9 Å². The molecule has 0 aromatic heterocycles. The Morgan fingerprint density at radius 2 is 2.20 bits per heavy atom. The van der Waals surface area contributed by atoms with Crippen LogP contribution in [0, 0.1) is 0 Å². The van der Waals surface area contributed by atoms with Gasteiger partial charge in [-0.05, 0) is 49.8 Å². The number of hydrogen-bond donors (Lipinski definition) is 2. The Hall–Kier alpha value is -1.27. The first kappa shape index (κ1) is 15.1. The molecule has 1 amide bonds. The quantitative estimate of drug-likeness (QED) is 0.818. The molecule has 0 radical (unpaired) electrons. The molecule has 0 saturated carbocycles. The molecule has 1 aliphatic heterocycles. The normalized spacial score (nSPS) is 21.4. The smallest absolute Gasteiger partial charge is 0.240 e. The largest absolute Gasteiger partial charge is 0.487 e. The standard InChI is InChI=1S/C14H18N2O2S2/c1-14(7-2-8-20-14)13(17)16-10-3-5-11(6-4-10)18-9-12(15)19/h3-6H,2,7-9H2,1H3,(H2,15,19)(H,16,17). The van der Waals surface area contributed by atoms with E-state index in [1.165, 1.54) is 0 Å². The molecule has 1 aromatic rings. The number of nitrogens with two attached hydrogens (primary N) is 1. The van der Waals surface area contributed by atoms with Gasteiger partial charge in [0.15, 0.2) is 0 Å². The number of ether oxygens (including phenoxy) is 1. The summed E-state index contributed by atoms with van der Waals surface area (Å²) in [5, 5.41) is 2.95. The zero-order valence-corrected chi connectivity index (χ0v) is 13.0. The van der Waals surface area contributed by atoms with Crippen LogP contribution >= 0.6 is 24.0 Å². The third kappa shape index (κ3) is 3.86. The van der Waals surface area contributed by atoms with E-state index >= 15 is 0 Å². The van der Waals surface area contributed by atoms with Gasteiger partial charge in [-0.2, -0.15) is 0 Å². The van der Waals surface area contributed by atoms with Crippen LogP contribution in [0.1, 0.15) is 19.8 Å². The fraction of sp³-hybridized carbons (Fsp3) is 0.429. The van der Waals surface area contributed by atoms with Crippen LogP contribution in [-0.4, -0.2) is 28.0 Å². The third-order valence-electron chi connectivity index (χ3n) is 3.19. The van der Waals surface area contributed by atoms with Crippen molar-refractivity contribution in [1.29, 1.82) is 0 Å². The average molecular weight is 310 g/mol. The number of anilines is 1. The van der Waals surface area contributed by atoms with E-state index in [1.807, 2.05) is 19.1 Å². The molecule has 0 aliphatic carbocycles. The lowest BCUT2D eigenvalue weighted by Crippen LogP contribution is -2.34. The number of thiocarbonyl (C=S) groups is 1. The van der Waals surface area contributed by atoms with Crippen molar-refractivity contribution < 1.29 is 9.53 Å². The van der Waals surface area contributed by atoms with Crippen LogP contribution in [0.5, 0.6) is 5.75 Å². The maximum absolute atomic E-state index is 12.2. The topological polar surface area (TPSA) is 64.3 Å². The van der Waals surface area contributed by atoms with E-state index in [0.717, 1.165) is 24.3 Å². The second-order valence-corrected chi connectivity index (χ2v) is 7.04. The maximum atomic E-state index is 12.2. The van der Waals surface area contributed by atoms with E-state index in [-0.39, 0.29) is 17.3 Å². The number of carbonyl (C=O) groups is 1. The van der Waals surface area contributed by atoms with E-state index in [4.69, 9.17) is 22.7 Å². The monoisotopic (exact) mass is 310 g/mol. The van der Waals surface area contributed by atoms with Gasteiger partial charge in [0.05, 0.1) is 4.75 Å². The lowest BCUT2D eigenvalue weighted by Gasteiger charge is -2.21. The molecule has 1 fully saturated rings. The van der Waals surface area contributed by atoms with Gasteiger partial charge in [-0.3, -0.25) is 4.79 Å². The van der Waals surface area contributed by atoms with Crippen LogP contribution in [0.4, 0.5) is 5.69 Å². The molecule has 6 heteroatoms. The molecule has 0 spiro atoms. The van der Waals surface area contributed by atoms with Crippen molar-refractivity contribution >= 4 is 40.6 Å². The molecule has 1 saturated heterocycles. The molecule has 2 rings (SSSR count). The maximum Gasteiger partial charge on any atom is 0.240 e. The minimum absolute atomic E-state index is 0.0665. The lowest BCUT2D eigenvalue weighted by atomic mass is 10.0. The first-order chi connectivity index (χ1) is 9.49. The second-order valence-electron chi connectivity index (χ2n) is 4.92. The highest BCUT2D eigenvalue weighted by molar-refractivity contribution is 8.01. The third-order valence-corrected chi connectivity index (χ3v) is 4.83. The first-order valence-electron chi connectivity index (χ1n) is 6.46. The van der Waals surface area contributed by atoms with Crippen LogP contribution in [0.2, 0.25) is 0 Å². The first-order valence-corrected chi connectivity index (χ1v) is 7.85. The summed E-state index contributed by atoms with van der Waals surface area (Å²) in [5.74, 6) is 1.80. The highest BCUT2D eigenvalue weighted by atomic mass is 32.2. The molecule has 1 heterocycles. The Morgan fingerprint density at radius 1 is 1.50 bits per heavy atom. The highest BCUT2D eigenvalue weighted by Gasteiger charge is 2.37. The summed E-state index contributed by atoms with van der Waals surface area (Å²) in [6.45, 7) is 2.22. The van der Waals surface area contributed by atoms with Crippen LogP contribution in [0.15, 0.2) is 24.3 Å². The van der Waals surface area contributed by atoms with Crippen molar-refractivity contribution in [3.8, 4) is 5.75 Å². The fourth-order valence-electron chi connectivity index (χ4n) is 2.01. The van der Waals surface area contributed by atoms with E-state index in [2.05, 4.69) is 5.32 Å². The van der Waals surface area contributed by atoms with Gasteiger partial charge >= 0.3 is 0 Å². The van der Waals surface area contributed by atoms with E-state index in [0.29, 0.717) is 10.7 Å². The van der Waals surface area contributed by atoms with Crippen molar-refractivity contribution in [2.75, 3.05) is 17.7 Å². The van der Waals surface area contributed by atoms with Gasteiger partial charge in [0, 0.05) is 5.69 Å². The minimum atomic E-state index is -0.305. The molecule has 4 nitrogen and oxygen atoms in total. The predicted octanol–water partition coefficient (Wildman–Crippen LogP) is 2.58. The summed E-state index contributed by atoms with van der Waals surface area (Å²) in [4.78, 5) is 12.6. The van der Waals surface area contributed by atoms with Crippen LogP contribution < -0.4 is 15.8 Å². The van der Waals surface area contributed by atoms with Gasteiger partial charge < -0.3 is 15.8 Å². The van der Waals surface area contributed by atoms with Crippen molar-refractivity contribution in [1.82, 2.24) is 0 Å². The molecule has 3 N–H and O–H groups in total. The predicted molar refractivity (Wildman–Crippen MR) is 87.4 cm³/mol. The molecule has 0 bridgehead atoms. The number of rotatable bonds is 5. The summed E-state index contributed by atoms with van der Waals surface area (Å²) in [5.41, 5.74) is 6.14. The lowest BCUT2D eigenvalue weighted by molar-refractivity contribution is -0.118. The summed E-state index contributed by atoms with van der Waals surface area (Å²) in [7, 11) is 0. The van der Waals surface area contributed by atoms with Gasteiger partial charge in [0.1, 0.15) is 17.3 Å². The van der Waals surface area contributed by atoms with Gasteiger partial charge in [-0.1, -0.05) is 12.2 Å². The van der Waals surface area contributed by atoms with Crippen molar-refractivity contribution in [3.05, 3.63) is 24.3 Å². The highest BCUT2D eigenvalue weighted by Crippen LogP contribution is 2.38. The summed E-state index contributed by atoms with van der Waals surface area (Å²) >= 11 is 6.47. The second kappa shape index (κ2) is 6.45. The summed E-state index contributed by atoms with van der Waals surface area (Å²) < 4.78 is 5.06. The Balaban J connectivity index is 1.93. The zero-order chi connectivity index (χ0) is 14.6. The minimum Gasteiger partial charge on any atom is -0.487 e. The van der Waals surface area contributed by atoms with E-state index < -0.39 is 0 Å². The van der Waals surface area contributed by atoms with Crippen LogP contribution in [-0.2, 0) is 4.79 Å². The Morgan fingerprint density at radius 3 is 2.75 bits per heavy atom. The Bertz CT molecular complexity index is 496. The SMILES string of the molecule is CC1(C(=O)Nc2ccc(OCC(N)=S)cc2)CCCS1. The zero-order valence-electron chi connectivity index (χ0n) is 11.3. The van der Waals surface area contributed by atoms with Crippen molar-refractivity contribution in [2.24, 2.45) is 5.73 Å². The average Bonchev–Trinajstić information content (AvgIpc) is 2.86. The number of benzene rings is 1. The van der Waals surface area contributed by atoms with Gasteiger partial charge in [-0.15, -0.1) is 11.8 Å². The number of amides is 1. The van der Waals surface area contributed by atoms with Crippen molar-refractivity contribution in [2.45, 2.75) is 24.5 Å². The van der Waals surface area contributed by atoms with Gasteiger partial charge in [0.2, 0.25) is 5.91 Å². The van der Waals surface area contributed by atoms with Gasteiger partial charge in [0.25, 0.3) is 0 Å². The molecule has 1 aliphatic rings. The van der Waals surface area contributed by atoms with Crippen molar-refractivity contribution in [3.63, 3.8) is 0 Å². The van der Waals surface area contributed by atoms with Crippen LogP contribution in [0.3, 0.4) is 0 Å². The molecule has 1 aromatic carbocycles. The molecule has 1 unspecified atom stereocenters. The van der Waals surface area contributed by atoms with E-state index in [9.17, 15) is 4.79 Å². The Kier molecular flexibility index (Phi) is 4.88. The Labute approximate surface area is 128 Å². The van der Waals surface area contributed by atoms with Crippen LogP contribution in [0.25, 0.3) is 0 Å².